The van der Waals surface area contributed by atoms with Crippen LogP contribution in [0.5, 0.6) is 0 Å². The summed E-state index contributed by atoms with van der Waals surface area (Å²) in [5.41, 5.74) is 4.08. The molecular formula is C16H18. The highest BCUT2D eigenvalue weighted by molar-refractivity contribution is 5.63. The first-order valence-electron chi connectivity index (χ1n) is 6.04. The molecule has 0 heterocycles. The second-order valence-corrected chi connectivity index (χ2v) is 4.17. The van der Waals surface area contributed by atoms with Gasteiger partial charge in [-0.15, -0.1) is 0 Å². The van der Waals surface area contributed by atoms with Crippen LogP contribution in [0, 0.1) is 0 Å². The normalized spacial score (nSPS) is 10.3. The van der Waals surface area contributed by atoms with Crippen LogP contribution in [0.25, 0.3) is 11.1 Å². The van der Waals surface area contributed by atoms with Crippen molar-refractivity contribution in [3.63, 3.8) is 0 Å². The maximum Gasteiger partial charge on any atom is -0.0181 e. The van der Waals surface area contributed by atoms with Crippen molar-refractivity contribution in [2.45, 2.75) is 26.2 Å². The Morgan fingerprint density at radius 2 is 1.56 bits per heavy atom. The highest BCUT2D eigenvalue weighted by Crippen LogP contribution is 2.20. The quantitative estimate of drug-likeness (QED) is 0.686. The van der Waals surface area contributed by atoms with Gasteiger partial charge in [0.2, 0.25) is 0 Å². The Hall–Kier alpha value is -1.56. The van der Waals surface area contributed by atoms with Crippen molar-refractivity contribution in [2.24, 2.45) is 0 Å². The van der Waals surface area contributed by atoms with E-state index in [2.05, 4.69) is 61.5 Å². The fraction of sp³-hybridized carbons (Fsp3) is 0.250. The number of unbranched alkanes of at least 4 members (excludes halogenated alkanes) is 1. The zero-order valence-electron chi connectivity index (χ0n) is 9.82. The third kappa shape index (κ3) is 2.73. The average molecular weight is 210 g/mol. The minimum atomic E-state index is 1.19. The zero-order valence-corrected chi connectivity index (χ0v) is 9.82. The topological polar surface area (TPSA) is 0 Å². The van der Waals surface area contributed by atoms with Gasteiger partial charge < -0.3 is 0 Å². The van der Waals surface area contributed by atoms with Gasteiger partial charge >= 0.3 is 0 Å². The van der Waals surface area contributed by atoms with E-state index in [1.807, 2.05) is 0 Å². The molecular weight excluding hydrogens is 192 g/mol. The molecule has 0 aromatic heterocycles. The Balaban J connectivity index is 2.22. The van der Waals surface area contributed by atoms with Crippen LogP contribution >= 0.6 is 0 Å². The van der Waals surface area contributed by atoms with Crippen LogP contribution in [0.15, 0.2) is 54.6 Å². The molecule has 2 rings (SSSR count). The first-order valence-corrected chi connectivity index (χ1v) is 6.04. The SMILES string of the molecule is CCCCc1cccc(-c2ccccc2)c1. The molecule has 0 nitrogen and oxygen atoms in total. The number of hydrogen-bond donors (Lipinski definition) is 0. The second-order valence-electron chi connectivity index (χ2n) is 4.17. The molecule has 2 aromatic rings. The van der Waals surface area contributed by atoms with E-state index in [0.29, 0.717) is 0 Å². The van der Waals surface area contributed by atoms with E-state index in [1.165, 1.54) is 36.0 Å². The van der Waals surface area contributed by atoms with Crippen LogP contribution in [0.3, 0.4) is 0 Å². The fourth-order valence-corrected chi connectivity index (χ4v) is 1.92. The summed E-state index contributed by atoms with van der Waals surface area (Å²) in [5.74, 6) is 0. The molecule has 0 unspecified atom stereocenters. The van der Waals surface area contributed by atoms with Gasteiger partial charge in [-0.3, -0.25) is 0 Å². The van der Waals surface area contributed by atoms with E-state index in [4.69, 9.17) is 0 Å². The molecule has 0 N–H and O–H groups in total. The van der Waals surface area contributed by atoms with E-state index in [9.17, 15) is 0 Å². The third-order valence-electron chi connectivity index (χ3n) is 2.85. The summed E-state index contributed by atoms with van der Waals surface area (Å²) < 4.78 is 0. The zero-order chi connectivity index (χ0) is 11.2. The van der Waals surface area contributed by atoms with Crippen molar-refractivity contribution < 1.29 is 0 Å². The minimum Gasteiger partial charge on any atom is -0.0654 e. The van der Waals surface area contributed by atoms with E-state index >= 15 is 0 Å². The first kappa shape index (κ1) is 10.9. The summed E-state index contributed by atoms with van der Waals surface area (Å²) in [7, 11) is 0. The molecule has 0 aliphatic carbocycles. The largest absolute Gasteiger partial charge is 0.0654 e. The lowest BCUT2D eigenvalue weighted by Gasteiger charge is -2.05. The van der Waals surface area contributed by atoms with Gasteiger partial charge in [0.15, 0.2) is 0 Å². The van der Waals surface area contributed by atoms with Crippen LogP contribution in [0.4, 0.5) is 0 Å². The molecule has 2 aromatic carbocycles. The van der Waals surface area contributed by atoms with Crippen molar-refractivity contribution in [3.8, 4) is 11.1 Å². The van der Waals surface area contributed by atoms with E-state index in [0.717, 1.165) is 0 Å². The lowest BCUT2D eigenvalue weighted by Crippen LogP contribution is -1.85. The Morgan fingerprint density at radius 1 is 0.812 bits per heavy atom. The first-order chi connectivity index (χ1) is 7.90. The summed E-state index contributed by atoms with van der Waals surface area (Å²) in [5, 5.41) is 0. The number of benzene rings is 2. The van der Waals surface area contributed by atoms with E-state index < -0.39 is 0 Å². The maximum atomic E-state index is 2.31. The fourth-order valence-electron chi connectivity index (χ4n) is 1.92. The van der Waals surface area contributed by atoms with Crippen LogP contribution in [-0.2, 0) is 6.42 Å². The minimum absolute atomic E-state index is 1.19. The number of rotatable bonds is 4. The summed E-state index contributed by atoms with van der Waals surface area (Å²) in [6.45, 7) is 2.24. The smallest absolute Gasteiger partial charge is 0.0181 e. The van der Waals surface area contributed by atoms with Gasteiger partial charge in [-0.2, -0.15) is 0 Å². The molecule has 16 heavy (non-hydrogen) atoms. The van der Waals surface area contributed by atoms with E-state index in [1.54, 1.807) is 0 Å². The Bertz CT molecular complexity index is 429. The molecule has 0 aliphatic heterocycles. The van der Waals surface area contributed by atoms with Crippen molar-refractivity contribution in [2.75, 3.05) is 0 Å². The van der Waals surface area contributed by atoms with Gasteiger partial charge in [-0.05, 0) is 29.5 Å². The summed E-state index contributed by atoms with van der Waals surface area (Å²) in [4.78, 5) is 0. The second kappa shape index (κ2) is 5.50. The standard InChI is InChI=1S/C16H18/c1-2-3-8-14-9-7-12-16(13-14)15-10-5-4-6-11-15/h4-7,9-13H,2-3,8H2,1H3. The molecule has 0 heteroatoms. The molecule has 0 atom stereocenters. The molecule has 0 fully saturated rings. The summed E-state index contributed by atoms with van der Waals surface area (Å²) >= 11 is 0. The third-order valence-corrected chi connectivity index (χ3v) is 2.85. The van der Waals surface area contributed by atoms with Gasteiger partial charge in [-0.1, -0.05) is 67.9 Å². The molecule has 0 saturated carbocycles. The summed E-state index contributed by atoms with van der Waals surface area (Å²) in [6, 6.07) is 19.5. The predicted molar refractivity (Wildman–Crippen MR) is 70.5 cm³/mol. The van der Waals surface area contributed by atoms with Crippen LogP contribution in [0.1, 0.15) is 25.3 Å². The predicted octanol–water partition coefficient (Wildman–Crippen LogP) is 4.70. The van der Waals surface area contributed by atoms with Crippen molar-refractivity contribution >= 4 is 0 Å². The lowest BCUT2D eigenvalue weighted by molar-refractivity contribution is 0.795. The number of aryl methyl sites for hydroxylation is 1. The van der Waals surface area contributed by atoms with Gasteiger partial charge in [0.1, 0.15) is 0 Å². The molecule has 0 spiro atoms. The van der Waals surface area contributed by atoms with Crippen molar-refractivity contribution in [1.82, 2.24) is 0 Å². The molecule has 0 bridgehead atoms. The highest BCUT2D eigenvalue weighted by atomic mass is 14.0. The number of hydrogen-bond acceptors (Lipinski definition) is 0. The van der Waals surface area contributed by atoms with Gasteiger partial charge in [0, 0.05) is 0 Å². The summed E-state index contributed by atoms with van der Waals surface area (Å²) in [6.07, 6.45) is 3.73. The molecule has 0 saturated heterocycles. The highest BCUT2D eigenvalue weighted by Gasteiger charge is 1.98. The Kier molecular flexibility index (Phi) is 3.76. The molecule has 82 valence electrons. The van der Waals surface area contributed by atoms with Crippen molar-refractivity contribution in [1.29, 1.82) is 0 Å². The van der Waals surface area contributed by atoms with Gasteiger partial charge in [-0.25, -0.2) is 0 Å². The molecule has 0 aliphatic rings. The monoisotopic (exact) mass is 210 g/mol. The Labute approximate surface area is 97.9 Å². The maximum absolute atomic E-state index is 2.31. The van der Waals surface area contributed by atoms with Crippen LogP contribution in [0.2, 0.25) is 0 Å². The average Bonchev–Trinajstić information content (AvgIpc) is 2.38. The van der Waals surface area contributed by atoms with Crippen molar-refractivity contribution in [3.05, 3.63) is 60.2 Å². The van der Waals surface area contributed by atoms with Gasteiger partial charge in [0.25, 0.3) is 0 Å². The Morgan fingerprint density at radius 3 is 2.31 bits per heavy atom. The van der Waals surface area contributed by atoms with Gasteiger partial charge in [0.05, 0.1) is 0 Å². The van der Waals surface area contributed by atoms with Crippen LogP contribution in [-0.4, -0.2) is 0 Å². The molecule has 0 radical (unpaired) electrons. The van der Waals surface area contributed by atoms with Crippen LogP contribution < -0.4 is 0 Å². The molecule has 0 amide bonds. The lowest BCUT2D eigenvalue weighted by atomic mass is 10.0. The van der Waals surface area contributed by atoms with E-state index in [-0.39, 0.29) is 0 Å².